The fourth-order valence-electron chi connectivity index (χ4n) is 2.37. The number of nitrogens with one attached hydrogen (secondary N) is 1. The van der Waals surface area contributed by atoms with E-state index in [2.05, 4.69) is 5.32 Å². The van der Waals surface area contributed by atoms with Crippen molar-refractivity contribution in [3.63, 3.8) is 0 Å². The van der Waals surface area contributed by atoms with Crippen LogP contribution in [-0.4, -0.2) is 25.0 Å². The maximum atomic E-state index is 11.8. The van der Waals surface area contributed by atoms with Crippen LogP contribution in [0.4, 0.5) is 0 Å². The average molecular weight is 398 g/mol. The summed E-state index contributed by atoms with van der Waals surface area (Å²) >= 11 is 3.24. The second-order valence-corrected chi connectivity index (χ2v) is 7.84. The molecule has 0 bridgehead atoms. The number of thiophene rings is 2. The number of carbonyl (C=O) groups is 2. The number of benzene rings is 1. The Balaban J connectivity index is 1.40. The SMILES string of the molecule is O=C(COC(=O)/C=C/c1ccc(-c2ccccc2)s1)NCCc1cccs1. The van der Waals surface area contributed by atoms with E-state index in [0.29, 0.717) is 6.54 Å². The fourth-order valence-corrected chi connectivity index (χ4v) is 3.99. The molecule has 1 amide bonds. The van der Waals surface area contributed by atoms with E-state index in [4.69, 9.17) is 4.74 Å². The Hall–Kier alpha value is -2.70. The van der Waals surface area contributed by atoms with Gasteiger partial charge in [0.15, 0.2) is 6.61 Å². The molecule has 1 aromatic carbocycles. The molecule has 3 aromatic rings. The highest BCUT2D eigenvalue weighted by Crippen LogP contribution is 2.28. The number of rotatable bonds is 8. The predicted molar refractivity (Wildman–Crippen MR) is 111 cm³/mol. The minimum atomic E-state index is -0.530. The van der Waals surface area contributed by atoms with Gasteiger partial charge in [0, 0.05) is 27.3 Å². The first-order valence-corrected chi connectivity index (χ1v) is 10.2. The molecule has 0 aliphatic carbocycles. The van der Waals surface area contributed by atoms with Gasteiger partial charge in [-0.05, 0) is 41.6 Å². The summed E-state index contributed by atoms with van der Waals surface area (Å²) in [5.41, 5.74) is 1.14. The molecular weight excluding hydrogens is 378 g/mol. The van der Waals surface area contributed by atoms with E-state index in [0.717, 1.165) is 21.7 Å². The number of hydrogen-bond acceptors (Lipinski definition) is 5. The summed E-state index contributed by atoms with van der Waals surface area (Å²) in [6, 6.07) is 18.0. The molecule has 0 aliphatic rings. The summed E-state index contributed by atoms with van der Waals surface area (Å²) < 4.78 is 4.97. The van der Waals surface area contributed by atoms with Gasteiger partial charge in [0.05, 0.1) is 0 Å². The van der Waals surface area contributed by atoms with Gasteiger partial charge in [0.1, 0.15) is 0 Å². The zero-order chi connectivity index (χ0) is 18.9. The molecule has 0 spiro atoms. The number of carbonyl (C=O) groups excluding carboxylic acids is 2. The lowest BCUT2D eigenvalue weighted by atomic mass is 10.2. The lowest BCUT2D eigenvalue weighted by Gasteiger charge is -2.04. The van der Waals surface area contributed by atoms with Crippen LogP contribution in [0.25, 0.3) is 16.5 Å². The minimum absolute atomic E-state index is 0.271. The van der Waals surface area contributed by atoms with Gasteiger partial charge in [0.25, 0.3) is 5.91 Å². The van der Waals surface area contributed by atoms with Crippen molar-refractivity contribution in [2.24, 2.45) is 0 Å². The Bertz CT molecular complexity index is 899. The van der Waals surface area contributed by atoms with Crippen LogP contribution in [0.1, 0.15) is 9.75 Å². The summed E-state index contributed by atoms with van der Waals surface area (Å²) in [5, 5.41) is 4.74. The molecule has 0 saturated heterocycles. The standard InChI is InChI=1S/C21H19NO3S2/c23-20(22-13-12-17-7-4-14-26-17)15-25-21(24)11-9-18-8-10-19(27-18)16-5-2-1-3-6-16/h1-11,14H,12-13,15H2,(H,22,23)/b11-9+. The van der Waals surface area contributed by atoms with Crippen LogP contribution in [0, 0.1) is 0 Å². The van der Waals surface area contributed by atoms with Crippen molar-refractivity contribution < 1.29 is 14.3 Å². The molecule has 0 radical (unpaired) electrons. The molecule has 0 unspecified atom stereocenters. The van der Waals surface area contributed by atoms with E-state index >= 15 is 0 Å². The molecule has 0 saturated carbocycles. The van der Waals surface area contributed by atoms with Crippen LogP contribution in [0.5, 0.6) is 0 Å². The highest BCUT2D eigenvalue weighted by atomic mass is 32.1. The average Bonchev–Trinajstić information content (AvgIpc) is 3.37. The van der Waals surface area contributed by atoms with Gasteiger partial charge in [-0.1, -0.05) is 36.4 Å². The van der Waals surface area contributed by atoms with Gasteiger partial charge in [-0.15, -0.1) is 22.7 Å². The van der Waals surface area contributed by atoms with Crippen LogP contribution in [0.2, 0.25) is 0 Å². The molecule has 2 heterocycles. The monoisotopic (exact) mass is 397 g/mol. The van der Waals surface area contributed by atoms with Crippen LogP contribution < -0.4 is 5.32 Å². The molecule has 0 fully saturated rings. The fraction of sp³-hybridized carbons (Fsp3) is 0.143. The molecular formula is C21H19NO3S2. The van der Waals surface area contributed by atoms with Crippen molar-refractivity contribution >= 4 is 40.6 Å². The molecule has 0 atom stereocenters. The summed E-state index contributed by atoms with van der Waals surface area (Å²) in [7, 11) is 0. The van der Waals surface area contributed by atoms with Crippen molar-refractivity contribution in [3.8, 4) is 10.4 Å². The molecule has 27 heavy (non-hydrogen) atoms. The Morgan fingerprint density at radius 1 is 1.04 bits per heavy atom. The second kappa shape index (κ2) is 9.85. The molecule has 3 rings (SSSR count). The number of ether oxygens (including phenoxy) is 1. The zero-order valence-electron chi connectivity index (χ0n) is 14.6. The van der Waals surface area contributed by atoms with E-state index in [1.807, 2.05) is 60.0 Å². The summed E-state index contributed by atoms with van der Waals surface area (Å²) in [6.07, 6.45) is 3.83. The number of amides is 1. The third-order valence-electron chi connectivity index (χ3n) is 3.69. The van der Waals surface area contributed by atoms with E-state index in [-0.39, 0.29) is 12.5 Å². The molecule has 1 N–H and O–H groups in total. The van der Waals surface area contributed by atoms with Crippen LogP contribution in [-0.2, 0) is 20.7 Å². The maximum absolute atomic E-state index is 11.8. The molecule has 4 nitrogen and oxygen atoms in total. The Labute approximate surface area is 166 Å². The predicted octanol–water partition coefficient (Wildman–Crippen LogP) is 4.39. The van der Waals surface area contributed by atoms with Gasteiger partial charge in [-0.2, -0.15) is 0 Å². The minimum Gasteiger partial charge on any atom is -0.452 e. The van der Waals surface area contributed by atoms with Gasteiger partial charge < -0.3 is 10.1 Å². The van der Waals surface area contributed by atoms with E-state index in [1.54, 1.807) is 28.7 Å². The first kappa shape index (κ1) is 19.1. The summed E-state index contributed by atoms with van der Waals surface area (Å²) in [5.74, 6) is -0.825. The van der Waals surface area contributed by atoms with Crippen LogP contribution in [0.15, 0.2) is 66.1 Å². The lowest BCUT2D eigenvalue weighted by molar-refractivity contribution is -0.143. The quantitative estimate of drug-likeness (QED) is 0.453. The van der Waals surface area contributed by atoms with Gasteiger partial charge in [0.2, 0.25) is 0 Å². The summed E-state index contributed by atoms with van der Waals surface area (Å²) in [6.45, 7) is 0.261. The van der Waals surface area contributed by atoms with Crippen LogP contribution in [0.3, 0.4) is 0 Å². The summed E-state index contributed by atoms with van der Waals surface area (Å²) in [4.78, 5) is 26.8. The third kappa shape index (κ3) is 6.20. The number of hydrogen-bond donors (Lipinski definition) is 1. The molecule has 6 heteroatoms. The van der Waals surface area contributed by atoms with Gasteiger partial charge in [-0.25, -0.2) is 4.79 Å². The van der Waals surface area contributed by atoms with Crippen molar-refractivity contribution in [1.82, 2.24) is 5.32 Å². The molecule has 138 valence electrons. The molecule has 2 aromatic heterocycles. The van der Waals surface area contributed by atoms with Gasteiger partial charge in [-0.3, -0.25) is 4.79 Å². The number of esters is 1. The van der Waals surface area contributed by atoms with Crippen molar-refractivity contribution in [3.05, 3.63) is 75.8 Å². The first-order valence-electron chi connectivity index (χ1n) is 8.50. The van der Waals surface area contributed by atoms with Crippen LogP contribution >= 0.6 is 22.7 Å². The van der Waals surface area contributed by atoms with Crippen molar-refractivity contribution in [2.75, 3.05) is 13.2 Å². The highest BCUT2D eigenvalue weighted by molar-refractivity contribution is 7.16. The smallest absolute Gasteiger partial charge is 0.331 e. The first-order chi connectivity index (χ1) is 13.2. The Kier molecular flexibility index (Phi) is 6.96. The van der Waals surface area contributed by atoms with E-state index in [9.17, 15) is 9.59 Å². The zero-order valence-corrected chi connectivity index (χ0v) is 16.2. The van der Waals surface area contributed by atoms with Gasteiger partial charge >= 0.3 is 5.97 Å². The Morgan fingerprint density at radius 2 is 1.89 bits per heavy atom. The highest BCUT2D eigenvalue weighted by Gasteiger charge is 2.05. The van der Waals surface area contributed by atoms with E-state index < -0.39 is 5.97 Å². The van der Waals surface area contributed by atoms with E-state index in [1.165, 1.54) is 11.0 Å². The van der Waals surface area contributed by atoms with Crippen molar-refractivity contribution in [1.29, 1.82) is 0 Å². The largest absolute Gasteiger partial charge is 0.452 e. The lowest BCUT2D eigenvalue weighted by Crippen LogP contribution is -2.30. The normalized spacial score (nSPS) is 10.8. The third-order valence-corrected chi connectivity index (χ3v) is 5.72. The van der Waals surface area contributed by atoms with Crippen molar-refractivity contribution in [2.45, 2.75) is 6.42 Å². The molecule has 0 aliphatic heterocycles. The topological polar surface area (TPSA) is 55.4 Å². The second-order valence-electron chi connectivity index (χ2n) is 5.69. The maximum Gasteiger partial charge on any atom is 0.331 e. The Morgan fingerprint density at radius 3 is 2.67 bits per heavy atom.